The molecule has 0 aliphatic rings. The number of carbonyl (C=O) groups excluding carboxylic acids is 2. The fourth-order valence-corrected chi connectivity index (χ4v) is 3.39. The lowest BCUT2D eigenvalue weighted by Crippen LogP contribution is -2.30. The highest BCUT2D eigenvalue weighted by atomic mass is 16.5. The summed E-state index contributed by atoms with van der Waals surface area (Å²) in [5, 5.41) is 6.50. The van der Waals surface area contributed by atoms with Crippen molar-refractivity contribution < 1.29 is 14.3 Å². The van der Waals surface area contributed by atoms with E-state index < -0.39 is 5.91 Å². The number of rotatable bonds is 6. The van der Waals surface area contributed by atoms with E-state index in [1.54, 1.807) is 49.7 Å². The number of ether oxygens (including phenoxy) is 1. The summed E-state index contributed by atoms with van der Waals surface area (Å²) in [6.07, 6.45) is 3.45. The minimum absolute atomic E-state index is 0.129. The minimum atomic E-state index is -0.419. The highest BCUT2D eigenvalue weighted by Crippen LogP contribution is 2.25. The molecule has 32 heavy (non-hydrogen) atoms. The van der Waals surface area contributed by atoms with E-state index in [2.05, 4.69) is 15.6 Å². The Hall–Kier alpha value is -4.32. The number of aromatic nitrogens is 1. The van der Waals surface area contributed by atoms with Gasteiger partial charge in [0.15, 0.2) is 0 Å². The molecule has 3 N–H and O–H groups in total. The molecule has 0 unspecified atom stereocenters. The molecule has 1 aromatic heterocycles. The van der Waals surface area contributed by atoms with E-state index in [-0.39, 0.29) is 11.6 Å². The second kappa shape index (κ2) is 9.22. The van der Waals surface area contributed by atoms with E-state index in [1.165, 1.54) is 0 Å². The van der Waals surface area contributed by atoms with Gasteiger partial charge in [-0.05, 0) is 61.0 Å². The van der Waals surface area contributed by atoms with Gasteiger partial charge in [0.1, 0.15) is 11.4 Å². The zero-order chi connectivity index (χ0) is 22.5. The van der Waals surface area contributed by atoms with Crippen LogP contribution in [0.15, 0.2) is 84.7 Å². The molecule has 0 aliphatic heterocycles. The molecule has 4 rings (SSSR count). The fraction of sp³-hybridized carbons (Fsp3) is 0.0769. The maximum Gasteiger partial charge on any atom is 0.272 e. The van der Waals surface area contributed by atoms with Gasteiger partial charge in [0.25, 0.3) is 11.8 Å². The molecular formula is C26H23N3O3. The van der Waals surface area contributed by atoms with Crippen molar-refractivity contribution in [3.05, 3.63) is 101 Å². The Labute approximate surface area is 185 Å². The molecule has 1 heterocycles. The molecule has 6 nitrogen and oxygen atoms in total. The van der Waals surface area contributed by atoms with Crippen LogP contribution in [0.1, 0.15) is 21.5 Å². The lowest BCUT2D eigenvalue weighted by Gasteiger charge is -2.12. The van der Waals surface area contributed by atoms with Gasteiger partial charge >= 0.3 is 0 Å². The zero-order valence-corrected chi connectivity index (χ0v) is 17.8. The van der Waals surface area contributed by atoms with Crippen LogP contribution >= 0.6 is 0 Å². The molecule has 0 aliphatic carbocycles. The molecule has 0 saturated carbocycles. The normalized spacial score (nSPS) is 11.2. The van der Waals surface area contributed by atoms with E-state index in [0.29, 0.717) is 17.0 Å². The Morgan fingerprint density at radius 2 is 1.78 bits per heavy atom. The van der Waals surface area contributed by atoms with Crippen LogP contribution in [0.2, 0.25) is 0 Å². The van der Waals surface area contributed by atoms with Crippen LogP contribution in [0, 0.1) is 6.92 Å². The molecular weight excluding hydrogens is 402 g/mol. The number of hydrogen-bond donors (Lipinski definition) is 3. The Kier molecular flexibility index (Phi) is 6.03. The average Bonchev–Trinajstić information content (AvgIpc) is 3.21. The van der Waals surface area contributed by atoms with Gasteiger partial charge in [-0.25, -0.2) is 0 Å². The number of aryl methyl sites for hydroxylation is 1. The van der Waals surface area contributed by atoms with Gasteiger partial charge in [-0.3, -0.25) is 9.59 Å². The van der Waals surface area contributed by atoms with Crippen LogP contribution in [0.3, 0.4) is 0 Å². The van der Waals surface area contributed by atoms with Gasteiger partial charge < -0.3 is 20.4 Å². The summed E-state index contributed by atoms with van der Waals surface area (Å²) >= 11 is 0. The van der Waals surface area contributed by atoms with E-state index in [4.69, 9.17) is 4.74 Å². The minimum Gasteiger partial charge on any atom is -0.497 e. The number of carbonyl (C=O) groups is 2. The van der Waals surface area contributed by atoms with Crippen molar-refractivity contribution in [3.8, 4) is 5.75 Å². The molecule has 0 saturated heterocycles. The van der Waals surface area contributed by atoms with Crippen molar-refractivity contribution >= 4 is 34.5 Å². The van der Waals surface area contributed by atoms with Crippen LogP contribution in [0.5, 0.6) is 5.75 Å². The van der Waals surface area contributed by atoms with Gasteiger partial charge in [0.2, 0.25) is 0 Å². The number of amides is 2. The Morgan fingerprint density at radius 1 is 0.969 bits per heavy atom. The number of H-pyrrole nitrogens is 1. The van der Waals surface area contributed by atoms with E-state index in [0.717, 1.165) is 22.0 Å². The van der Waals surface area contributed by atoms with Gasteiger partial charge in [-0.2, -0.15) is 0 Å². The standard InChI is InChI=1S/C26H23N3O3/c1-17-7-6-10-20(13-17)28-26(31)24(29-25(30)18-8-4-3-5-9-18)14-19-16-27-23-12-11-21(32-2)15-22(19)23/h3-16,27H,1-2H3,(H,28,31)(H,29,30)/b24-14-. The summed E-state index contributed by atoms with van der Waals surface area (Å²) in [6, 6.07) is 21.9. The lowest BCUT2D eigenvalue weighted by atomic mass is 10.1. The summed E-state index contributed by atoms with van der Waals surface area (Å²) < 4.78 is 5.33. The molecule has 4 aromatic rings. The third-order valence-electron chi connectivity index (χ3n) is 5.03. The second-order valence-corrected chi connectivity index (χ2v) is 7.36. The largest absolute Gasteiger partial charge is 0.497 e. The first-order valence-corrected chi connectivity index (χ1v) is 10.1. The molecule has 0 radical (unpaired) electrons. The third kappa shape index (κ3) is 4.70. The summed E-state index contributed by atoms with van der Waals surface area (Å²) in [5.41, 5.74) is 3.90. The van der Waals surface area contributed by atoms with Gasteiger partial charge in [-0.1, -0.05) is 30.3 Å². The maximum atomic E-state index is 13.1. The van der Waals surface area contributed by atoms with Crippen LogP contribution in [-0.2, 0) is 4.79 Å². The summed E-state index contributed by atoms with van der Waals surface area (Å²) in [5.74, 6) is -0.0865. The SMILES string of the molecule is COc1ccc2[nH]cc(/C=C(\NC(=O)c3ccccc3)C(=O)Nc3cccc(C)c3)c2c1. The smallest absolute Gasteiger partial charge is 0.272 e. The van der Waals surface area contributed by atoms with Gasteiger partial charge in [-0.15, -0.1) is 0 Å². The van der Waals surface area contributed by atoms with Crippen molar-refractivity contribution in [1.82, 2.24) is 10.3 Å². The first kappa shape index (κ1) is 20.9. The van der Waals surface area contributed by atoms with Crippen molar-refractivity contribution in [2.75, 3.05) is 12.4 Å². The predicted octanol–water partition coefficient (Wildman–Crippen LogP) is 4.89. The van der Waals surface area contributed by atoms with Crippen LogP contribution in [0.4, 0.5) is 5.69 Å². The molecule has 0 spiro atoms. The maximum absolute atomic E-state index is 13.1. The quantitative estimate of drug-likeness (QED) is 0.385. The summed E-state index contributed by atoms with van der Waals surface area (Å²) in [7, 11) is 1.60. The summed E-state index contributed by atoms with van der Waals surface area (Å²) in [4.78, 5) is 29.1. The van der Waals surface area contributed by atoms with Gasteiger partial charge in [0, 0.05) is 33.9 Å². The number of nitrogens with one attached hydrogen (secondary N) is 3. The first-order chi connectivity index (χ1) is 15.5. The number of fused-ring (bicyclic) bond motifs is 1. The Morgan fingerprint density at radius 3 is 2.53 bits per heavy atom. The topological polar surface area (TPSA) is 83.2 Å². The van der Waals surface area contributed by atoms with Crippen LogP contribution < -0.4 is 15.4 Å². The third-order valence-corrected chi connectivity index (χ3v) is 5.03. The summed E-state index contributed by atoms with van der Waals surface area (Å²) in [6.45, 7) is 1.95. The van der Waals surface area contributed by atoms with Crippen LogP contribution in [-0.4, -0.2) is 23.9 Å². The molecule has 0 atom stereocenters. The highest BCUT2D eigenvalue weighted by molar-refractivity contribution is 6.11. The number of anilines is 1. The van der Waals surface area contributed by atoms with Crippen molar-refractivity contribution in [2.24, 2.45) is 0 Å². The number of aromatic amines is 1. The van der Waals surface area contributed by atoms with Gasteiger partial charge in [0.05, 0.1) is 7.11 Å². The fourth-order valence-electron chi connectivity index (χ4n) is 3.39. The molecule has 3 aromatic carbocycles. The molecule has 0 fully saturated rings. The van der Waals surface area contributed by atoms with Crippen molar-refractivity contribution in [1.29, 1.82) is 0 Å². The predicted molar refractivity (Wildman–Crippen MR) is 127 cm³/mol. The van der Waals surface area contributed by atoms with E-state index in [1.807, 2.05) is 49.4 Å². The average molecular weight is 425 g/mol. The second-order valence-electron chi connectivity index (χ2n) is 7.36. The molecule has 6 heteroatoms. The Bertz CT molecular complexity index is 1310. The highest BCUT2D eigenvalue weighted by Gasteiger charge is 2.16. The molecule has 160 valence electrons. The number of benzene rings is 3. The van der Waals surface area contributed by atoms with E-state index >= 15 is 0 Å². The van der Waals surface area contributed by atoms with E-state index in [9.17, 15) is 9.59 Å². The molecule has 2 amide bonds. The number of methoxy groups -OCH3 is 1. The van der Waals surface area contributed by atoms with Crippen molar-refractivity contribution in [2.45, 2.75) is 6.92 Å². The Balaban J connectivity index is 1.71. The first-order valence-electron chi connectivity index (χ1n) is 10.1. The van der Waals surface area contributed by atoms with Crippen molar-refractivity contribution in [3.63, 3.8) is 0 Å². The number of hydrogen-bond acceptors (Lipinski definition) is 3. The van der Waals surface area contributed by atoms with Crippen LogP contribution in [0.25, 0.3) is 17.0 Å². The lowest BCUT2D eigenvalue weighted by molar-refractivity contribution is -0.113. The monoisotopic (exact) mass is 425 g/mol. The zero-order valence-electron chi connectivity index (χ0n) is 17.8. The molecule has 0 bridgehead atoms.